The van der Waals surface area contributed by atoms with E-state index in [-0.39, 0.29) is 17.0 Å². The first-order chi connectivity index (χ1) is 7.85. The quantitative estimate of drug-likeness (QED) is 0.615. The van der Waals surface area contributed by atoms with Gasteiger partial charge in [0.2, 0.25) is 10.0 Å². The van der Waals surface area contributed by atoms with Crippen LogP contribution in [0.4, 0.5) is 5.69 Å². The maximum absolute atomic E-state index is 11.5. The molecule has 0 unspecified atom stereocenters. The van der Waals surface area contributed by atoms with Crippen molar-refractivity contribution in [3.05, 3.63) is 40.0 Å². The number of carboxylic acid groups (broad SMARTS) is 1. The lowest BCUT2D eigenvalue weighted by atomic mass is 10.2. The molecule has 0 amide bonds. The zero-order valence-electron chi connectivity index (χ0n) is 8.68. The second-order valence-corrected chi connectivity index (χ2v) is 6.18. The maximum atomic E-state index is 11.5. The summed E-state index contributed by atoms with van der Waals surface area (Å²) in [5.74, 6) is -1.45. The molecule has 1 rings (SSSR count). The first kappa shape index (κ1) is 14.0. The van der Waals surface area contributed by atoms with Crippen molar-refractivity contribution >= 4 is 44.3 Å². The number of hydrogen-bond donors (Lipinski definition) is 2. The summed E-state index contributed by atoms with van der Waals surface area (Å²) in [6.07, 6.45) is 1.23. The number of carbonyl (C=O) groups is 1. The van der Waals surface area contributed by atoms with E-state index >= 15 is 0 Å². The lowest BCUT2D eigenvalue weighted by Gasteiger charge is -2.09. The number of aromatic carboxylic acids is 1. The fourth-order valence-corrected chi connectivity index (χ4v) is 2.54. The molecule has 1 aromatic carbocycles. The van der Waals surface area contributed by atoms with Gasteiger partial charge in [-0.1, -0.05) is 6.08 Å². The fourth-order valence-electron chi connectivity index (χ4n) is 1.15. The molecule has 0 saturated carbocycles. The van der Waals surface area contributed by atoms with Crippen LogP contribution in [0.3, 0.4) is 0 Å². The molecular weight excluding hydrogens is 357 g/mol. The minimum Gasteiger partial charge on any atom is -0.478 e. The number of carboxylic acids is 1. The van der Waals surface area contributed by atoms with Gasteiger partial charge in [-0.25, -0.2) is 13.2 Å². The van der Waals surface area contributed by atoms with Gasteiger partial charge >= 0.3 is 5.97 Å². The van der Waals surface area contributed by atoms with E-state index in [1.54, 1.807) is 6.07 Å². The van der Waals surface area contributed by atoms with Gasteiger partial charge in [-0.15, -0.1) is 6.58 Å². The Hall–Kier alpha value is -1.09. The number of anilines is 1. The molecule has 5 nitrogen and oxygen atoms in total. The molecule has 0 radical (unpaired) electrons. The average molecular weight is 367 g/mol. The highest BCUT2D eigenvalue weighted by Gasteiger charge is 2.15. The van der Waals surface area contributed by atoms with Crippen molar-refractivity contribution in [1.82, 2.24) is 0 Å². The molecule has 0 aliphatic rings. The minimum atomic E-state index is -3.59. The molecule has 1 aromatic rings. The molecule has 0 saturated heterocycles. The van der Waals surface area contributed by atoms with E-state index in [1.807, 2.05) is 22.6 Å². The molecule has 0 heterocycles. The minimum absolute atomic E-state index is 0.0553. The van der Waals surface area contributed by atoms with Crippen molar-refractivity contribution in [2.75, 3.05) is 10.5 Å². The van der Waals surface area contributed by atoms with Gasteiger partial charge in [-0.2, -0.15) is 0 Å². The molecule has 0 aliphatic heterocycles. The monoisotopic (exact) mass is 367 g/mol. The van der Waals surface area contributed by atoms with Gasteiger partial charge in [0, 0.05) is 3.57 Å². The first-order valence-electron chi connectivity index (χ1n) is 4.50. The largest absolute Gasteiger partial charge is 0.478 e. The number of rotatable bonds is 5. The summed E-state index contributed by atoms with van der Waals surface area (Å²) in [6, 6.07) is 4.44. The van der Waals surface area contributed by atoms with Gasteiger partial charge in [0.25, 0.3) is 0 Å². The zero-order valence-corrected chi connectivity index (χ0v) is 11.7. The third-order valence-electron chi connectivity index (χ3n) is 1.81. The lowest BCUT2D eigenvalue weighted by Crippen LogP contribution is -2.17. The van der Waals surface area contributed by atoms with Crippen LogP contribution in [0.2, 0.25) is 0 Å². The molecular formula is C10H10INO4S. The number of nitrogens with one attached hydrogen (secondary N) is 1. The number of hydrogen-bond acceptors (Lipinski definition) is 3. The van der Waals surface area contributed by atoms with Crippen LogP contribution in [0.15, 0.2) is 30.9 Å². The van der Waals surface area contributed by atoms with Gasteiger partial charge < -0.3 is 5.11 Å². The second kappa shape index (κ2) is 5.50. The lowest BCUT2D eigenvalue weighted by molar-refractivity contribution is 0.0698. The van der Waals surface area contributed by atoms with Gasteiger partial charge in [0.05, 0.1) is 17.0 Å². The number of benzene rings is 1. The SMILES string of the molecule is C=CCS(=O)(=O)Nc1ccc(I)cc1C(=O)O. The van der Waals surface area contributed by atoms with Gasteiger partial charge in [0.1, 0.15) is 0 Å². The molecule has 17 heavy (non-hydrogen) atoms. The Morgan fingerprint density at radius 2 is 2.18 bits per heavy atom. The van der Waals surface area contributed by atoms with E-state index in [0.717, 1.165) is 0 Å². The average Bonchev–Trinajstić information content (AvgIpc) is 2.20. The molecule has 0 spiro atoms. The second-order valence-electron chi connectivity index (χ2n) is 3.17. The van der Waals surface area contributed by atoms with Crippen molar-refractivity contribution in [3.8, 4) is 0 Å². The Labute approximate surface area is 113 Å². The fraction of sp³-hybridized carbons (Fsp3) is 0.100. The summed E-state index contributed by atoms with van der Waals surface area (Å²) in [6.45, 7) is 3.32. The zero-order chi connectivity index (χ0) is 13.1. The van der Waals surface area contributed by atoms with E-state index < -0.39 is 16.0 Å². The van der Waals surface area contributed by atoms with Crippen LogP contribution < -0.4 is 4.72 Å². The van der Waals surface area contributed by atoms with E-state index in [0.29, 0.717) is 3.57 Å². The normalized spacial score (nSPS) is 10.9. The predicted octanol–water partition coefficient (Wildman–Crippen LogP) is 1.92. The third kappa shape index (κ3) is 4.00. The van der Waals surface area contributed by atoms with Gasteiger partial charge in [-0.3, -0.25) is 4.72 Å². The van der Waals surface area contributed by atoms with Crippen molar-refractivity contribution in [1.29, 1.82) is 0 Å². The maximum Gasteiger partial charge on any atom is 0.337 e. The van der Waals surface area contributed by atoms with E-state index in [9.17, 15) is 13.2 Å². The van der Waals surface area contributed by atoms with Gasteiger partial charge in [-0.05, 0) is 40.8 Å². The molecule has 0 fully saturated rings. The molecule has 0 atom stereocenters. The Balaban J connectivity index is 3.15. The molecule has 2 N–H and O–H groups in total. The number of halogens is 1. The van der Waals surface area contributed by atoms with Crippen molar-refractivity contribution in [2.24, 2.45) is 0 Å². The van der Waals surface area contributed by atoms with Gasteiger partial charge in [0.15, 0.2) is 0 Å². The molecule has 0 bridgehead atoms. The Morgan fingerprint density at radius 1 is 1.53 bits per heavy atom. The highest BCUT2D eigenvalue weighted by molar-refractivity contribution is 14.1. The van der Waals surface area contributed by atoms with Crippen molar-refractivity contribution in [2.45, 2.75) is 0 Å². The molecule has 0 aliphatic carbocycles. The van der Waals surface area contributed by atoms with Crippen LogP contribution in [-0.4, -0.2) is 25.2 Å². The summed E-state index contributed by atoms with van der Waals surface area (Å²) in [4.78, 5) is 11.0. The summed E-state index contributed by atoms with van der Waals surface area (Å²) in [5.41, 5.74) is -0.0238. The highest BCUT2D eigenvalue weighted by Crippen LogP contribution is 2.20. The van der Waals surface area contributed by atoms with Crippen LogP contribution in [0.1, 0.15) is 10.4 Å². The number of sulfonamides is 1. The molecule has 92 valence electrons. The van der Waals surface area contributed by atoms with Crippen LogP contribution >= 0.6 is 22.6 Å². The summed E-state index contributed by atoms with van der Waals surface area (Å²) in [5, 5.41) is 8.96. The van der Waals surface area contributed by atoms with Crippen LogP contribution in [-0.2, 0) is 10.0 Å². The van der Waals surface area contributed by atoms with Crippen molar-refractivity contribution in [3.63, 3.8) is 0 Å². The smallest absolute Gasteiger partial charge is 0.337 e. The summed E-state index contributed by atoms with van der Waals surface area (Å²) < 4.78 is 25.9. The van der Waals surface area contributed by atoms with Crippen LogP contribution in [0, 0.1) is 3.57 Å². The molecule has 0 aromatic heterocycles. The summed E-state index contributed by atoms with van der Waals surface area (Å²) >= 11 is 1.95. The first-order valence-corrected chi connectivity index (χ1v) is 7.23. The Kier molecular flexibility index (Phi) is 4.52. The Bertz CT molecular complexity index is 553. The van der Waals surface area contributed by atoms with Crippen molar-refractivity contribution < 1.29 is 18.3 Å². The highest BCUT2D eigenvalue weighted by atomic mass is 127. The van der Waals surface area contributed by atoms with Crippen LogP contribution in [0.5, 0.6) is 0 Å². The van der Waals surface area contributed by atoms with E-state index in [2.05, 4.69) is 11.3 Å². The van der Waals surface area contributed by atoms with E-state index in [4.69, 9.17) is 5.11 Å². The third-order valence-corrected chi connectivity index (χ3v) is 3.69. The molecule has 7 heteroatoms. The summed E-state index contributed by atoms with van der Waals surface area (Å²) in [7, 11) is -3.59. The Morgan fingerprint density at radius 3 is 2.71 bits per heavy atom. The van der Waals surface area contributed by atoms with E-state index in [1.165, 1.54) is 18.2 Å². The van der Waals surface area contributed by atoms with Crippen LogP contribution in [0.25, 0.3) is 0 Å². The predicted molar refractivity (Wildman–Crippen MR) is 73.7 cm³/mol. The topological polar surface area (TPSA) is 83.5 Å². The standard InChI is InChI=1S/C10H10INO4S/c1-2-5-17(15,16)12-9-4-3-7(11)6-8(9)10(13)14/h2-4,6,12H,1,5H2,(H,13,14).